The Labute approximate surface area is 181 Å². The molecule has 0 amide bonds. The van der Waals surface area contributed by atoms with E-state index in [-0.39, 0.29) is 41.5 Å². The van der Waals surface area contributed by atoms with Crippen LogP contribution in [0.3, 0.4) is 0 Å². The molecule has 1 heterocycles. The summed E-state index contributed by atoms with van der Waals surface area (Å²) in [6, 6.07) is 12.0. The number of methoxy groups -OCH3 is 1. The fraction of sp³-hybridized carbons (Fsp3) is 0.364. The van der Waals surface area contributed by atoms with Crippen LogP contribution in [0.2, 0.25) is 0 Å². The van der Waals surface area contributed by atoms with Crippen LogP contribution in [0.25, 0.3) is 0 Å². The quantitative estimate of drug-likeness (QED) is 0.475. The number of carbonyl (C=O) groups excluding carboxylic acids is 2. The molecule has 0 spiro atoms. The van der Waals surface area contributed by atoms with Gasteiger partial charge in [-0.3, -0.25) is 4.79 Å². The Morgan fingerprint density at radius 1 is 1.03 bits per heavy atom. The van der Waals surface area contributed by atoms with Gasteiger partial charge in [-0.25, -0.2) is 13.2 Å². The monoisotopic (exact) mass is 447 g/mol. The molecule has 166 valence electrons. The van der Waals surface area contributed by atoms with Crippen LogP contribution in [0, 0.1) is 0 Å². The van der Waals surface area contributed by atoms with Crippen LogP contribution in [0.5, 0.6) is 5.75 Å². The molecule has 0 N–H and O–H groups in total. The molecule has 1 saturated heterocycles. The number of carbonyl (C=O) groups is 2. The molecule has 0 bridgehead atoms. The molecule has 2 atom stereocenters. The SMILES string of the molecule is COc1ccc(C(=O)COC(=O)c2cccc(S(=O)(=O)N3CC(C)OC(C)C3)c2)cc1. The van der Waals surface area contributed by atoms with Crippen LogP contribution in [-0.2, 0) is 19.5 Å². The summed E-state index contributed by atoms with van der Waals surface area (Å²) in [5, 5.41) is 0. The molecule has 2 aromatic rings. The molecule has 1 fully saturated rings. The van der Waals surface area contributed by atoms with Crippen molar-refractivity contribution in [2.24, 2.45) is 0 Å². The largest absolute Gasteiger partial charge is 0.497 e. The summed E-state index contributed by atoms with van der Waals surface area (Å²) in [6.45, 7) is 3.63. The van der Waals surface area contributed by atoms with Gasteiger partial charge < -0.3 is 14.2 Å². The number of ether oxygens (including phenoxy) is 3. The highest BCUT2D eigenvalue weighted by Crippen LogP contribution is 2.22. The summed E-state index contributed by atoms with van der Waals surface area (Å²) in [7, 11) is -2.28. The van der Waals surface area contributed by atoms with Crippen molar-refractivity contribution in [3.8, 4) is 5.75 Å². The summed E-state index contributed by atoms with van der Waals surface area (Å²) in [4.78, 5) is 24.6. The van der Waals surface area contributed by atoms with E-state index in [1.165, 1.54) is 35.7 Å². The van der Waals surface area contributed by atoms with Gasteiger partial charge in [-0.15, -0.1) is 0 Å². The van der Waals surface area contributed by atoms with Crippen molar-refractivity contribution < 1.29 is 32.2 Å². The van der Waals surface area contributed by atoms with Gasteiger partial charge in [0.25, 0.3) is 0 Å². The standard InChI is InChI=1S/C22H25NO7S/c1-15-12-23(13-16(2)30-15)31(26,27)20-6-4-5-18(11-20)22(25)29-14-21(24)17-7-9-19(28-3)10-8-17/h4-11,15-16H,12-14H2,1-3H3. The van der Waals surface area contributed by atoms with Crippen molar-refractivity contribution in [2.45, 2.75) is 31.0 Å². The first kappa shape index (κ1) is 22.9. The van der Waals surface area contributed by atoms with Gasteiger partial charge in [0.1, 0.15) is 5.75 Å². The maximum absolute atomic E-state index is 13.0. The summed E-state index contributed by atoms with van der Waals surface area (Å²) in [5.41, 5.74) is 0.429. The van der Waals surface area contributed by atoms with Crippen LogP contribution < -0.4 is 4.74 Å². The number of rotatable bonds is 7. The van der Waals surface area contributed by atoms with E-state index in [1.54, 1.807) is 24.3 Å². The van der Waals surface area contributed by atoms with Crippen molar-refractivity contribution >= 4 is 21.8 Å². The Kier molecular flexibility index (Phi) is 7.09. The van der Waals surface area contributed by atoms with Gasteiger partial charge in [0.15, 0.2) is 12.4 Å². The Bertz CT molecular complexity index is 1040. The van der Waals surface area contributed by atoms with E-state index in [4.69, 9.17) is 14.2 Å². The Balaban J connectivity index is 1.68. The van der Waals surface area contributed by atoms with E-state index in [0.29, 0.717) is 11.3 Å². The fourth-order valence-electron chi connectivity index (χ4n) is 3.33. The summed E-state index contributed by atoms with van der Waals surface area (Å²) in [5.74, 6) is -0.547. The third-order valence-corrected chi connectivity index (χ3v) is 6.67. The van der Waals surface area contributed by atoms with Crippen molar-refractivity contribution in [2.75, 3.05) is 26.8 Å². The number of morpholine rings is 1. The second-order valence-electron chi connectivity index (χ2n) is 7.33. The maximum atomic E-state index is 13.0. The Hall–Kier alpha value is -2.75. The van der Waals surface area contributed by atoms with Gasteiger partial charge in [-0.05, 0) is 56.3 Å². The molecule has 0 saturated carbocycles. The second kappa shape index (κ2) is 9.59. The number of hydrogen-bond donors (Lipinski definition) is 0. The minimum absolute atomic E-state index is 0.00951. The Morgan fingerprint density at radius 3 is 2.29 bits per heavy atom. The number of ketones is 1. The Morgan fingerprint density at radius 2 is 1.68 bits per heavy atom. The summed E-state index contributed by atoms with van der Waals surface area (Å²) in [6.07, 6.45) is -0.453. The normalized spacial score (nSPS) is 19.6. The van der Waals surface area contributed by atoms with Crippen LogP contribution in [0.4, 0.5) is 0 Å². The van der Waals surface area contributed by atoms with Gasteiger partial charge in [-0.2, -0.15) is 4.31 Å². The summed E-state index contributed by atoms with van der Waals surface area (Å²) >= 11 is 0. The van der Waals surface area contributed by atoms with Crippen LogP contribution in [0.1, 0.15) is 34.6 Å². The minimum atomic E-state index is -3.80. The van der Waals surface area contributed by atoms with Gasteiger partial charge in [0.2, 0.25) is 10.0 Å². The molecule has 0 aliphatic carbocycles. The van der Waals surface area contributed by atoms with E-state index in [2.05, 4.69) is 0 Å². The lowest BCUT2D eigenvalue weighted by atomic mass is 10.1. The highest BCUT2D eigenvalue weighted by atomic mass is 32.2. The highest BCUT2D eigenvalue weighted by Gasteiger charge is 2.32. The zero-order valence-electron chi connectivity index (χ0n) is 17.6. The molecular formula is C22H25NO7S. The number of hydrogen-bond acceptors (Lipinski definition) is 7. The van der Waals surface area contributed by atoms with E-state index in [1.807, 2.05) is 13.8 Å². The number of Topliss-reactive ketones (excluding diaryl/α,β-unsaturated/α-hetero) is 1. The van der Waals surface area contributed by atoms with Crippen molar-refractivity contribution in [1.29, 1.82) is 0 Å². The zero-order valence-corrected chi connectivity index (χ0v) is 18.4. The van der Waals surface area contributed by atoms with Crippen LogP contribution >= 0.6 is 0 Å². The van der Waals surface area contributed by atoms with Crippen molar-refractivity contribution in [3.05, 3.63) is 59.7 Å². The predicted octanol–water partition coefficient (Wildman–Crippen LogP) is 2.53. The molecule has 2 aromatic carbocycles. The fourth-order valence-corrected chi connectivity index (χ4v) is 4.97. The second-order valence-corrected chi connectivity index (χ2v) is 9.27. The van der Waals surface area contributed by atoms with Gasteiger partial charge in [-0.1, -0.05) is 6.07 Å². The first-order valence-corrected chi connectivity index (χ1v) is 11.2. The minimum Gasteiger partial charge on any atom is -0.497 e. The molecule has 0 radical (unpaired) electrons. The predicted molar refractivity (Wildman–Crippen MR) is 113 cm³/mol. The summed E-state index contributed by atoms with van der Waals surface area (Å²) < 4.78 is 43.1. The average molecular weight is 448 g/mol. The number of esters is 1. The molecule has 1 aliphatic rings. The number of nitrogens with zero attached hydrogens (tertiary/aromatic N) is 1. The number of sulfonamides is 1. The molecular weight excluding hydrogens is 422 g/mol. The zero-order chi connectivity index (χ0) is 22.6. The molecule has 1 aliphatic heterocycles. The van der Waals surface area contributed by atoms with E-state index >= 15 is 0 Å². The lowest BCUT2D eigenvalue weighted by Gasteiger charge is -2.34. The van der Waals surface area contributed by atoms with Crippen molar-refractivity contribution in [3.63, 3.8) is 0 Å². The first-order chi connectivity index (χ1) is 14.7. The van der Waals surface area contributed by atoms with Crippen LogP contribution in [-0.4, -0.2) is 63.5 Å². The number of benzene rings is 2. The van der Waals surface area contributed by atoms with E-state index in [0.717, 1.165) is 0 Å². The van der Waals surface area contributed by atoms with Gasteiger partial charge >= 0.3 is 5.97 Å². The van der Waals surface area contributed by atoms with E-state index in [9.17, 15) is 18.0 Å². The molecule has 2 unspecified atom stereocenters. The highest BCUT2D eigenvalue weighted by molar-refractivity contribution is 7.89. The van der Waals surface area contributed by atoms with Gasteiger partial charge in [0, 0.05) is 18.7 Å². The molecule has 0 aromatic heterocycles. The maximum Gasteiger partial charge on any atom is 0.338 e. The van der Waals surface area contributed by atoms with Crippen molar-refractivity contribution in [1.82, 2.24) is 4.31 Å². The molecule has 8 nitrogen and oxygen atoms in total. The van der Waals surface area contributed by atoms with Gasteiger partial charge in [0.05, 0.1) is 29.8 Å². The third-order valence-electron chi connectivity index (χ3n) is 4.84. The smallest absolute Gasteiger partial charge is 0.338 e. The third kappa shape index (κ3) is 5.49. The molecule has 3 rings (SSSR count). The molecule has 31 heavy (non-hydrogen) atoms. The van der Waals surface area contributed by atoms with Crippen LogP contribution in [0.15, 0.2) is 53.4 Å². The molecule has 9 heteroatoms. The topological polar surface area (TPSA) is 99.2 Å². The van der Waals surface area contributed by atoms with E-state index < -0.39 is 22.6 Å². The lowest BCUT2D eigenvalue weighted by Crippen LogP contribution is -2.48. The average Bonchev–Trinajstić information content (AvgIpc) is 2.76. The lowest BCUT2D eigenvalue weighted by molar-refractivity contribution is -0.0440. The first-order valence-electron chi connectivity index (χ1n) is 9.80.